The Balaban J connectivity index is 1.89. The summed E-state index contributed by atoms with van der Waals surface area (Å²) in [6, 6.07) is 19.4. The van der Waals surface area contributed by atoms with Crippen molar-refractivity contribution in [3.63, 3.8) is 0 Å². The summed E-state index contributed by atoms with van der Waals surface area (Å²) in [5.74, 6) is 0. The second-order valence-electron chi connectivity index (χ2n) is 4.64. The van der Waals surface area contributed by atoms with Crippen molar-refractivity contribution in [2.75, 3.05) is 16.5 Å². The first-order valence-corrected chi connectivity index (χ1v) is 6.53. The van der Waals surface area contributed by atoms with Gasteiger partial charge < -0.3 is 9.80 Å². The molecule has 0 N–H and O–H groups in total. The van der Waals surface area contributed by atoms with Gasteiger partial charge in [-0.05, 0) is 24.3 Å². The normalized spacial score (nSPS) is 13.0. The fraction of sp³-hybridized carbons (Fsp3) is 0.0588. The second-order valence-corrected chi connectivity index (χ2v) is 4.64. The van der Waals surface area contributed by atoms with E-state index >= 15 is 0 Å². The molecule has 1 heterocycles. The Labute approximate surface area is 123 Å². The lowest BCUT2D eigenvalue weighted by Crippen LogP contribution is -2.25. The molecule has 0 fully saturated rings. The van der Waals surface area contributed by atoms with Crippen LogP contribution in [0.5, 0.6) is 0 Å². The number of hydrogen-bond donors (Lipinski definition) is 0. The predicted octanol–water partition coefficient (Wildman–Crippen LogP) is 3.19. The number of para-hydroxylation sites is 2. The minimum Gasteiger partial charge on any atom is -0.327 e. The number of nitriles is 2. The number of rotatable bonds is 2. The van der Waals surface area contributed by atoms with Gasteiger partial charge in [-0.1, -0.05) is 24.3 Å². The van der Waals surface area contributed by atoms with Gasteiger partial charge in [0.1, 0.15) is 12.1 Å². The molecule has 0 unspecified atom stereocenters. The van der Waals surface area contributed by atoms with Crippen LogP contribution in [0, 0.1) is 22.7 Å². The number of nitrogens with zero attached hydrogens (tertiary/aromatic N) is 4. The molecule has 3 rings (SSSR count). The molecule has 0 saturated carbocycles. The van der Waals surface area contributed by atoms with Gasteiger partial charge in [-0.3, -0.25) is 0 Å². The van der Waals surface area contributed by atoms with Gasteiger partial charge in [0.2, 0.25) is 0 Å². The molecule has 0 amide bonds. The Hall–Kier alpha value is -3.24. The highest BCUT2D eigenvalue weighted by atomic mass is 15.3. The van der Waals surface area contributed by atoms with Crippen LogP contribution in [0.1, 0.15) is 11.1 Å². The fourth-order valence-corrected chi connectivity index (χ4v) is 2.37. The monoisotopic (exact) mass is 272 g/mol. The van der Waals surface area contributed by atoms with Gasteiger partial charge in [0.25, 0.3) is 0 Å². The minimum absolute atomic E-state index is 0.581. The van der Waals surface area contributed by atoms with Crippen LogP contribution in [0.4, 0.5) is 11.4 Å². The molecule has 0 bridgehead atoms. The van der Waals surface area contributed by atoms with Crippen LogP contribution >= 0.6 is 0 Å². The SMILES string of the molecule is N#Cc1ccccc1N1C=CN(c2ccccc2C#N)C1. The molecule has 100 valence electrons. The van der Waals surface area contributed by atoms with Crippen LogP contribution in [0.15, 0.2) is 60.9 Å². The molecule has 1 aliphatic heterocycles. The summed E-state index contributed by atoms with van der Waals surface area (Å²) < 4.78 is 0. The molecule has 1 aliphatic rings. The number of anilines is 2. The molecule has 0 spiro atoms. The lowest BCUT2D eigenvalue weighted by Gasteiger charge is -2.22. The zero-order valence-electron chi connectivity index (χ0n) is 11.3. The van der Waals surface area contributed by atoms with Crippen molar-refractivity contribution in [2.45, 2.75) is 0 Å². The maximum absolute atomic E-state index is 9.19. The van der Waals surface area contributed by atoms with E-state index in [1.54, 1.807) is 12.1 Å². The lowest BCUT2D eigenvalue weighted by molar-refractivity contribution is 0.972. The van der Waals surface area contributed by atoms with Gasteiger partial charge in [-0.2, -0.15) is 10.5 Å². The van der Waals surface area contributed by atoms with E-state index in [2.05, 4.69) is 12.1 Å². The van der Waals surface area contributed by atoms with Crippen molar-refractivity contribution in [1.29, 1.82) is 10.5 Å². The summed E-state index contributed by atoms with van der Waals surface area (Å²) in [6.07, 6.45) is 3.84. The Morgan fingerprint density at radius 2 is 1.14 bits per heavy atom. The highest BCUT2D eigenvalue weighted by Gasteiger charge is 2.19. The summed E-state index contributed by atoms with van der Waals surface area (Å²) in [5, 5.41) is 18.4. The van der Waals surface area contributed by atoms with Gasteiger partial charge in [-0.15, -0.1) is 0 Å². The van der Waals surface area contributed by atoms with Gasteiger partial charge in [-0.25, -0.2) is 0 Å². The second kappa shape index (κ2) is 5.40. The van der Waals surface area contributed by atoms with E-state index in [0.29, 0.717) is 17.8 Å². The smallest absolute Gasteiger partial charge is 0.101 e. The molecular formula is C17H12N4. The summed E-state index contributed by atoms with van der Waals surface area (Å²) >= 11 is 0. The maximum atomic E-state index is 9.19. The first kappa shape index (κ1) is 12.8. The van der Waals surface area contributed by atoms with E-state index in [9.17, 15) is 10.5 Å². The molecule has 4 nitrogen and oxygen atoms in total. The number of benzene rings is 2. The zero-order chi connectivity index (χ0) is 14.7. The van der Waals surface area contributed by atoms with Crippen LogP contribution in [0.25, 0.3) is 0 Å². The predicted molar refractivity (Wildman–Crippen MR) is 81.3 cm³/mol. The van der Waals surface area contributed by atoms with E-state index < -0.39 is 0 Å². The quantitative estimate of drug-likeness (QED) is 0.842. The molecule has 0 atom stereocenters. The van der Waals surface area contributed by atoms with Crippen molar-refractivity contribution in [3.8, 4) is 12.1 Å². The fourth-order valence-electron chi connectivity index (χ4n) is 2.37. The molecule has 21 heavy (non-hydrogen) atoms. The highest BCUT2D eigenvalue weighted by molar-refractivity contribution is 5.67. The Bertz CT molecular complexity index is 714. The van der Waals surface area contributed by atoms with Crippen molar-refractivity contribution in [2.24, 2.45) is 0 Å². The highest BCUT2D eigenvalue weighted by Crippen LogP contribution is 2.28. The van der Waals surface area contributed by atoms with Gasteiger partial charge >= 0.3 is 0 Å². The van der Waals surface area contributed by atoms with Crippen molar-refractivity contribution >= 4 is 11.4 Å². The minimum atomic E-state index is 0.581. The molecule has 0 aliphatic carbocycles. The zero-order valence-corrected chi connectivity index (χ0v) is 11.3. The van der Waals surface area contributed by atoms with E-state index in [4.69, 9.17) is 0 Å². The molecule has 0 aromatic heterocycles. The van der Waals surface area contributed by atoms with Crippen molar-refractivity contribution < 1.29 is 0 Å². The first-order valence-electron chi connectivity index (χ1n) is 6.53. The molecule has 2 aromatic rings. The molecule has 4 heteroatoms. The summed E-state index contributed by atoms with van der Waals surface area (Å²) in [5.41, 5.74) is 3.01. The molecule has 0 saturated heterocycles. The topological polar surface area (TPSA) is 54.1 Å². The van der Waals surface area contributed by atoms with Gasteiger partial charge in [0.15, 0.2) is 0 Å². The van der Waals surface area contributed by atoms with E-state index in [-0.39, 0.29) is 0 Å². The van der Waals surface area contributed by atoms with E-state index in [1.807, 2.05) is 58.6 Å². The average Bonchev–Trinajstić information content (AvgIpc) is 3.04. The lowest BCUT2D eigenvalue weighted by atomic mass is 10.2. The standard InChI is InChI=1S/C17H12N4/c18-11-14-5-1-3-7-16(14)20-9-10-21(13-20)17-8-4-2-6-15(17)12-19/h1-10H,13H2. The van der Waals surface area contributed by atoms with Crippen LogP contribution in [-0.2, 0) is 0 Å². The van der Waals surface area contributed by atoms with Crippen LogP contribution in [-0.4, -0.2) is 6.67 Å². The average molecular weight is 272 g/mol. The van der Waals surface area contributed by atoms with Crippen LogP contribution in [0.2, 0.25) is 0 Å². The number of hydrogen-bond acceptors (Lipinski definition) is 4. The van der Waals surface area contributed by atoms with Crippen LogP contribution in [0.3, 0.4) is 0 Å². The van der Waals surface area contributed by atoms with Crippen molar-refractivity contribution in [1.82, 2.24) is 0 Å². The molecule has 2 aromatic carbocycles. The summed E-state index contributed by atoms with van der Waals surface area (Å²) in [6.45, 7) is 0.581. The maximum Gasteiger partial charge on any atom is 0.101 e. The van der Waals surface area contributed by atoms with E-state index in [0.717, 1.165) is 11.4 Å². The Kier molecular flexibility index (Phi) is 3.29. The van der Waals surface area contributed by atoms with Crippen molar-refractivity contribution in [3.05, 3.63) is 72.1 Å². The molecular weight excluding hydrogens is 260 g/mol. The summed E-state index contributed by atoms with van der Waals surface area (Å²) in [7, 11) is 0. The first-order chi connectivity index (χ1) is 10.3. The van der Waals surface area contributed by atoms with E-state index in [1.165, 1.54) is 0 Å². The third kappa shape index (κ3) is 2.31. The van der Waals surface area contributed by atoms with Gasteiger partial charge in [0, 0.05) is 12.4 Å². The third-order valence-electron chi connectivity index (χ3n) is 3.40. The summed E-state index contributed by atoms with van der Waals surface area (Å²) in [4.78, 5) is 3.99. The third-order valence-corrected chi connectivity index (χ3v) is 3.40. The Morgan fingerprint density at radius 3 is 1.57 bits per heavy atom. The molecule has 0 radical (unpaired) electrons. The Morgan fingerprint density at radius 1 is 0.714 bits per heavy atom. The van der Waals surface area contributed by atoms with Crippen LogP contribution < -0.4 is 9.80 Å². The van der Waals surface area contributed by atoms with Gasteiger partial charge in [0.05, 0.1) is 29.2 Å². The largest absolute Gasteiger partial charge is 0.327 e.